The zero-order valence-electron chi connectivity index (χ0n) is 9.66. The summed E-state index contributed by atoms with van der Waals surface area (Å²) in [5.74, 6) is 1.88. The topological polar surface area (TPSA) is 24.9 Å². The molecule has 1 aliphatic carbocycles. The molecule has 0 saturated heterocycles. The maximum Gasteiger partial charge on any atom is 0.129 e. The molecule has 0 aliphatic heterocycles. The molecule has 1 aliphatic rings. The lowest BCUT2D eigenvalue weighted by atomic mass is 10.1. The average molecular weight is 204 g/mol. The normalized spacial score (nSPS) is 25.5. The Hall–Kier alpha value is -1.05. The van der Waals surface area contributed by atoms with E-state index >= 15 is 0 Å². The quantitative estimate of drug-likeness (QED) is 0.817. The number of nitrogens with one attached hydrogen (secondary N) is 1. The van der Waals surface area contributed by atoms with E-state index in [0.717, 1.165) is 18.2 Å². The van der Waals surface area contributed by atoms with E-state index in [-0.39, 0.29) is 0 Å². The average Bonchev–Trinajstić information content (AvgIpc) is 2.65. The van der Waals surface area contributed by atoms with Crippen molar-refractivity contribution < 1.29 is 0 Å². The van der Waals surface area contributed by atoms with Crippen LogP contribution in [0.5, 0.6) is 0 Å². The van der Waals surface area contributed by atoms with Gasteiger partial charge in [0.1, 0.15) is 5.82 Å². The third kappa shape index (κ3) is 2.31. The minimum Gasteiger partial charge on any atom is -0.367 e. The van der Waals surface area contributed by atoms with Gasteiger partial charge in [-0.2, -0.15) is 0 Å². The van der Waals surface area contributed by atoms with Crippen LogP contribution in [0.15, 0.2) is 18.3 Å². The minimum absolute atomic E-state index is 0.630. The highest BCUT2D eigenvalue weighted by atomic mass is 15.0. The van der Waals surface area contributed by atoms with Crippen LogP contribution < -0.4 is 5.32 Å². The Morgan fingerprint density at radius 1 is 1.47 bits per heavy atom. The Bertz CT molecular complexity index is 322. The number of aromatic nitrogens is 1. The number of aryl methyl sites for hydroxylation is 1. The second kappa shape index (κ2) is 4.65. The van der Waals surface area contributed by atoms with Crippen molar-refractivity contribution in [1.82, 2.24) is 4.98 Å². The minimum atomic E-state index is 0.630. The molecular formula is C13H20N2. The van der Waals surface area contributed by atoms with Crippen molar-refractivity contribution in [3.8, 4) is 0 Å². The van der Waals surface area contributed by atoms with E-state index in [4.69, 9.17) is 0 Å². The van der Waals surface area contributed by atoms with Crippen LogP contribution >= 0.6 is 0 Å². The monoisotopic (exact) mass is 204 g/mol. The second-order valence-corrected chi connectivity index (χ2v) is 4.52. The van der Waals surface area contributed by atoms with Crippen molar-refractivity contribution >= 4 is 5.82 Å². The van der Waals surface area contributed by atoms with Gasteiger partial charge in [-0.25, -0.2) is 4.98 Å². The summed E-state index contributed by atoms with van der Waals surface area (Å²) in [6.45, 7) is 4.51. The molecule has 1 fully saturated rings. The maximum atomic E-state index is 4.44. The summed E-state index contributed by atoms with van der Waals surface area (Å²) in [5, 5.41) is 3.60. The second-order valence-electron chi connectivity index (χ2n) is 4.52. The molecule has 0 aromatic carbocycles. The molecule has 2 heteroatoms. The molecule has 82 valence electrons. The van der Waals surface area contributed by atoms with E-state index in [1.54, 1.807) is 0 Å². The summed E-state index contributed by atoms with van der Waals surface area (Å²) in [5.41, 5.74) is 1.33. The molecule has 1 aromatic rings. The highest BCUT2D eigenvalue weighted by Crippen LogP contribution is 2.28. The van der Waals surface area contributed by atoms with E-state index in [9.17, 15) is 0 Å². The van der Waals surface area contributed by atoms with Gasteiger partial charge in [0, 0.05) is 12.2 Å². The van der Waals surface area contributed by atoms with Crippen LogP contribution in [0.25, 0.3) is 0 Å². The molecule has 0 spiro atoms. The Kier molecular flexibility index (Phi) is 3.24. The molecule has 0 amide bonds. The van der Waals surface area contributed by atoms with Crippen LogP contribution in [0.1, 0.15) is 38.7 Å². The summed E-state index contributed by atoms with van der Waals surface area (Å²) >= 11 is 0. The predicted molar refractivity (Wildman–Crippen MR) is 64.0 cm³/mol. The summed E-state index contributed by atoms with van der Waals surface area (Å²) in [4.78, 5) is 4.44. The zero-order chi connectivity index (χ0) is 10.7. The van der Waals surface area contributed by atoms with Crippen molar-refractivity contribution in [1.29, 1.82) is 0 Å². The first kappa shape index (κ1) is 10.5. The zero-order valence-corrected chi connectivity index (χ0v) is 9.66. The Labute approximate surface area is 92.1 Å². The van der Waals surface area contributed by atoms with E-state index in [1.807, 2.05) is 12.3 Å². The first-order chi connectivity index (χ1) is 7.31. The van der Waals surface area contributed by atoms with Gasteiger partial charge in [0.05, 0.1) is 0 Å². The van der Waals surface area contributed by atoms with Crippen LogP contribution in [-0.4, -0.2) is 11.0 Å². The number of rotatable bonds is 3. The summed E-state index contributed by atoms with van der Waals surface area (Å²) in [7, 11) is 0. The molecule has 2 unspecified atom stereocenters. The Balaban J connectivity index is 2.09. The molecule has 0 bridgehead atoms. The standard InChI is InChI=1S/C13H20N2/c1-3-11-7-5-9-14-13(11)15-12-8-4-6-10(12)2/h5,7,9-10,12H,3-4,6,8H2,1-2H3,(H,14,15). The summed E-state index contributed by atoms with van der Waals surface area (Å²) in [6, 6.07) is 4.81. The lowest BCUT2D eigenvalue weighted by molar-refractivity contribution is 0.554. The number of nitrogens with zero attached hydrogens (tertiary/aromatic N) is 1. The molecule has 15 heavy (non-hydrogen) atoms. The van der Waals surface area contributed by atoms with Gasteiger partial charge >= 0.3 is 0 Å². The molecule has 1 saturated carbocycles. The number of hydrogen-bond donors (Lipinski definition) is 1. The number of hydrogen-bond acceptors (Lipinski definition) is 2. The Morgan fingerprint density at radius 3 is 3.00 bits per heavy atom. The van der Waals surface area contributed by atoms with Crippen molar-refractivity contribution in [2.75, 3.05) is 5.32 Å². The lowest BCUT2D eigenvalue weighted by Crippen LogP contribution is -2.23. The fourth-order valence-electron chi connectivity index (χ4n) is 2.39. The van der Waals surface area contributed by atoms with Gasteiger partial charge in [-0.1, -0.05) is 26.3 Å². The van der Waals surface area contributed by atoms with Gasteiger partial charge in [0.25, 0.3) is 0 Å². The van der Waals surface area contributed by atoms with Crippen molar-refractivity contribution in [2.45, 2.75) is 45.6 Å². The molecule has 2 atom stereocenters. The maximum absolute atomic E-state index is 4.44. The Morgan fingerprint density at radius 2 is 2.33 bits per heavy atom. The molecule has 2 nitrogen and oxygen atoms in total. The van der Waals surface area contributed by atoms with Crippen molar-refractivity contribution in [3.63, 3.8) is 0 Å². The molecule has 1 heterocycles. The van der Waals surface area contributed by atoms with Crippen LogP contribution in [-0.2, 0) is 6.42 Å². The summed E-state index contributed by atoms with van der Waals surface area (Å²) < 4.78 is 0. The molecule has 1 N–H and O–H groups in total. The van der Waals surface area contributed by atoms with E-state index in [1.165, 1.54) is 24.8 Å². The van der Waals surface area contributed by atoms with Gasteiger partial charge < -0.3 is 5.32 Å². The van der Waals surface area contributed by atoms with Gasteiger partial charge in [-0.05, 0) is 36.8 Å². The molecule has 1 aromatic heterocycles. The van der Waals surface area contributed by atoms with Gasteiger partial charge in [0.15, 0.2) is 0 Å². The highest BCUT2D eigenvalue weighted by Gasteiger charge is 2.23. The largest absolute Gasteiger partial charge is 0.367 e. The molecular weight excluding hydrogens is 184 g/mol. The van der Waals surface area contributed by atoms with E-state index < -0.39 is 0 Å². The number of pyridine rings is 1. The summed E-state index contributed by atoms with van der Waals surface area (Å²) in [6.07, 6.45) is 6.93. The fraction of sp³-hybridized carbons (Fsp3) is 0.615. The number of anilines is 1. The van der Waals surface area contributed by atoms with Crippen LogP contribution in [0.2, 0.25) is 0 Å². The lowest BCUT2D eigenvalue weighted by Gasteiger charge is -2.19. The first-order valence-electron chi connectivity index (χ1n) is 6.01. The third-order valence-electron chi connectivity index (χ3n) is 3.46. The fourth-order valence-corrected chi connectivity index (χ4v) is 2.39. The SMILES string of the molecule is CCc1cccnc1NC1CCCC1C. The van der Waals surface area contributed by atoms with E-state index in [2.05, 4.69) is 30.2 Å². The van der Waals surface area contributed by atoms with Crippen LogP contribution in [0.4, 0.5) is 5.82 Å². The van der Waals surface area contributed by atoms with Gasteiger partial charge in [-0.3, -0.25) is 0 Å². The highest BCUT2D eigenvalue weighted by molar-refractivity contribution is 5.44. The van der Waals surface area contributed by atoms with Gasteiger partial charge in [0.2, 0.25) is 0 Å². The van der Waals surface area contributed by atoms with Gasteiger partial charge in [-0.15, -0.1) is 0 Å². The van der Waals surface area contributed by atoms with E-state index in [0.29, 0.717) is 6.04 Å². The molecule has 0 radical (unpaired) electrons. The van der Waals surface area contributed by atoms with Crippen molar-refractivity contribution in [3.05, 3.63) is 23.9 Å². The van der Waals surface area contributed by atoms with Crippen LogP contribution in [0, 0.1) is 5.92 Å². The third-order valence-corrected chi connectivity index (χ3v) is 3.46. The predicted octanol–water partition coefficient (Wildman–Crippen LogP) is 3.24. The van der Waals surface area contributed by atoms with Crippen molar-refractivity contribution in [2.24, 2.45) is 5.92 Å². The van der Waals surface area contributed by atoms with Crippen LogP contribution in [0.3, 0.4) is 0 Å². The first-order valence-corrected chi connectivity index (χ1v) is 6.01. The smallest absolute Gasteiger partial charge is 0.129 e. The molecule has 2 rings (SSSR count).